The van der Waals surface area contributed by atoms with Gasteiger partial charge in [0.05, 0.1) is 18.4 Å². The van der Waals surface area contributed by atoms with Gasteiger partial charge in [-0.2, -0.15) is 0 Å². The topological polar surface area (TPSA) is 81.7 Å². The Morgan fingerprint density at radius 1 is 1.18 bits per heavy atom. The lowest BCUT2D eigenvalue weighted by molar-refractivity contribution is 0.506. The molecule has 0 spiro atoms. The minimum atomic E-state index is 0.431. The molecule has 112 valence electrons. The Hall–Kier alpha value is -2.22. The maximum atomic E-state index is 5.54. The Labute approximate surface area is 134 Å². The Bertz CT molecular complexity index is 777. The van der Waals surface area contributed by atoms with Crippen molar-refractivity contribution in [3.63, 3.8) is 0 Å². The number of nitrogens with zero attached hydrogens (tertiary/aromatic N) is 5. The lowest BCUT2D eigenvalue weighted by Crippen LogP contribution is -1.99. The second-order valence-corrected chi connectivity index (χ2v) is 6.12. The summed E-state index contributed by atoms with van der Waals surface area (Å²) < 4.78 is 8.30. The fourth-order valence-corrected chi connectivity index (χ4v) is 2.33. The number of nitrogens with one attached hydrogen (secondary N) is 1. The van der Waals surface area contributed by atoms with Crippen LogP contribution in [-0.2, 0) is 6.54 Å². The zero-order valence-electron chi connectivity index (χ0n) is 11.6. The number of anilines is 1. The van der Waals surface area contributed by atoms with Crippen molar-refractivity contribution in [1.29, 1.82) is 0 Å². The Morgan fingerprint density at radius 2 is 2.00 bits per heavy atom. The van der Waals surface area contributed by atoms with E-state index < -0.39 is 0 Å². The lowest BCUT2D eigenvalue weighted by Gasteiger charge is -1.99. The van der Waals surface area contributed by atoms with Crippen molar-refractivity contribution in [2.24, 2.45) is 0 Å². The molecule has 1 N–H and O–H groups in total. The average Bonchev–Trinajstić information content (AvgIpc) is 3.09. The molecule has 0 bridgehead atoms. The summed E-state index contributed by atoms with van der Waals surface area (Å²) in [6, 6.07) is 8.30. The average molecular weight is 361 g/mol. The largest absolute Gasteiger partial charge is 0.408 e. The SMILES string of the molecule is Brc1ccc(-n2cc(CNc3nnc(C4CC4)o3)nn2)cc1. The van der Waals surface area contributed by atoms with Crippen molar-refractivity contribution in [1.82, 2.24) is 25.2 Å². The van der Waals surface area contributed by atoms with Gasteiger partial charge in [0, 0.05) is 10.4 Å². The molecule has 1 fully saturated rings. The fourth-order valence-electron chi connectivity index (χ4n) is 2.07. The van der Waals surface area contributed by atoms with Gasteiger partial charge >= 0.3 is 6.01 Å². The van der Waals surface area contributed by atoms with Crippen LogP contribution in [-0.4, -0.2) is 25.2 Å². The molecule has 0 radical (unpaired) electrons. The maximum Gasteiger partial charge on any atom is 0.315 e. The van der Waals surface area contributed by atoms with Crippen molar-refractivity contribution in [2.75, 3.05) is 5.32 Å². The minimum Gasteiger partial charge on any atom is -0.408 e. The predicted molar refractivity (Wildman–Crippen MR) is 82.7 cm³/mol. The number of halogens is 1. The first-order valence-electron chi connectivity index (χ1n) is 7.02. The lowest BCUT2D eigenvalue weighted by atomic mass is 10.3. The predicted octanol–water partition coefficient (Wildman–Crippen LogP) is 2.90. The Morgan fingerprint density at radius 3 is 2.77 bits per heavy atom. The van der Waals surface area contributed by atoms with E-state index in [1.165, 1.54) is 0 Å². The molecule has 22 heavy (non-hydrogen) atoms. The molecule has 1 aromatic carbocycles. The molecule has 4 rings (SSSR count). The first kappa shape index (κ1) is 13.4. The van der Waals surface area contributed by atoms with Crippen LogP contribution in [0.5, 0.6) is 0 Å². The molecule has 0 atom stereocenters. The maximum absolute atomic E-state index is 5.54. The van der Waals surface area contributed by atoms with E-state index in [1.807, 2.05) is 30.5 Å². The number of hydrogen-bond acceptors (Lipinski definition) is 6. The van der Waals surface area contributed by atoms with Crippen LogP contribution in [0.3, 0.4) is 0 Å². The molecule has 1 aliphatic carbocycles. The summed E-state index contributed by atoms with van der Waals surface area (Å²) in [5.41, 5.74) is 1.75. The van der Waals surface area contributed by atoms with Gasteiger partial charge in [0.25, 0.3) is 0 Å². The van der Waals surface area contributed by atoms with Gasteiger partial charge in [-0.1, -0.05) is 26.2 Å². The summed E-state index contributed by atoms with van der Waals surface area (Å²) in [6.45, 7) is 0.489. The van der Waals surface area contributed by atoms with E-state index >= 15 is 0 Å². The molecular weight excluding hydrogens is 348 g/mol. The molecule has 3 aromatic rings. The monoisotopic (exact) mass is 360 g/mol. The third-order valence-electron chi connectivity index (χ3n) is 3.42. The van der Waals surface area contributed by atoms with E-state index in [4.69, 9.17) is 4.42 Å². The van der Waals surface area contributed by atoms with Gasteiger partial charge in [-0.15, -0.1) is 10.2 Å². The van der Waals surface area contributed by atoms with E-state index in [9.17, 15) is 0 Å². The van der Waals surface area contributed by atoms with Gasteiger partial charge in [0.2, 0.25) is 5.89 Å². The molecule has 7 nitrogen and oxygen atoms in total. The Balaban J connectivity index is 1.41. The summed E-state index contributed by atoms with van der Waals surface area (Å²) in [5.74, 6) is 1.18. The smallest absolute Gasteiger partial charge is 0.315 e. The van der Waals surface area contributed by atoms with Gasteiger partial charge in [-0.05, 0) is 37.1 Å². The van der Waals surface area contributed by atoms with E-state index in [1.54, 1.807) is 4.68 Å². The van der Waals surface area contributed by atoms with Gasteiger partial charge in [0.1, 0.15) is 5.69 Å². The van der Waals surface area contributed by atoms with Crippen LogP contribution in [0.4, 0.5) is 6.01 Å². The van der Waals surface area contributed by atoms with Crippen LogP contribution in [0.15, 0.2) is 39.4 Å². The molecular formula is C14H13BrN6O. The van der Waals surface area contributed by atoms with E-state index in [-0.39, 0.29) is 0 Å². The number of hydrogen-bond donors (Lipinski definition) is 1. The second kappa shape index (κ2) is 5.53. The van der Waals surface area contributed by atoms with Crippen molar-refractivity contribution in [3.8, 4) is 5.69 Å². The standard InChI is InChI=1S/C14H13BrN6O/c15-10-3-5-12(6-4-10)21-8-11(17-20-21)7-16-14-19-18-13(22-14)9-1-2-9/h3-6,8-9H,1-2,7H2,(H,16,19). The Kier molecular flexibility index (Phi) is 3.38. The first-order chi connectivity index (χ1) is 10.8. The molecule has 2 aromatic heterocycles. The summed E-state index contributed by atoms with van der Waals surface area (Å²) in [7, 11) is 0. The number of benzene rings is 1. The molecule has 0 amide bonds. The zero-order valence-corrected chi connectivity index (χ0v) is 13.2. The number of rotatable bonds is 5. The third-order valence-corrected chi connectivity index (χ3v) is 3.95. The van der Waals surface area contributed by atoms with Crippen LogP contribution in [0, 0.1) is 0 Å². The van der Waals surface area contributed by atoms with Gasteiger partial charge in [-0.25, -0.2) is 4.68 Å². The minimum absolute atomic E-state index is 0.431. The zero-order chi connectivity index (χ0) is 14.9. The van der Waals surface area contributed by atoms with Crippen LogP contribution in [0.2, 0.25) is 0 Å². The first-order valence-corrected chi connectivity index (χ1v) is 7.82. The second-order valence-electron chi connectivity index (χ2n) is 5.20. The molecule has 8 heteroatoms. The highest BCUT2D eigenvalue weighted by Gasteiger charge is 2.29. The highest BCUT2D eigenvalue weighted by atomic mass is 79.9. The summed E-state index contributed by atoms with van der Waals surface area (Å²) in [4.78, 5) is 0. The van der Waals surface area contributed by atoms with E-state index in [2.05, 4.69) is 41.8 Å². The van der Waals surface area contributed by atoms with Crippen molar-refractivity contribution >= 4 is 21.9 Å². The highest BCUT2D eigenvalue weighted by molar-refractivity contribution is 9.10. The van der Waals surface area contributed by atoms with Gasteiger partial charge in [0.15, 0.2) is 0 Å². The normalized spacial score (nSPS) is 14.2. The van der Waals surface area contributed by atoms with Crippen LogP contribution in [0.25, 0.3) is 5.69 Å². The molecule has 0 unspecified atom stereocenters. The summed E-state index contributed by atoms with van der Waals surface area (Å²) in [6.07, 6.45) is 4.15. The quantitative estimate of drug-likeness (QED) is 0.753. The van der Waals surface area contributed by atoms with Crippen LogP contribution >= 0.6 is 15.9 Å². The van der Waals surface area contributed by atoms with Crippen molar-refractivity contribution < 1.29 is 4.42 Å². The third kappa shape index (κ3) is 2.87. The van der Waals surface area contributed by atoms with Crippen molar-refractivity contribution in [2.45, 2.75) is 25.3 Å². The number of aromatic nitrogens is 5. The molecule has 2 heterocycles. The van der Waals surface area contributed by atoms with Crippen LogP contribution in [0.1, 0.15) is 30.3 Å². The molecule has 1 aliphatic rings. The fraction of sp³-hybridized carbons (Fsp3) is 0.286. The summed E-state index contributed by atoms with van der Waals surface area (Å²) >= 11 is 3.41. The molecule has 0 aliphatic heterocycles. The van der Waals surface area contributed by atoms with Gasteiger partial charge in [-0.3, -0.25) is 0 Å². The van der Waals surface area contributed by atoms with E-state index in [0.717, 1.165) is 34.6 Å². The van der Waals surface area contributed by atoms with Gasteiger partial charge < -0.3 is 9.73 Å². The van der Waals surface area contributed by atoms with Crippen molar-refractivity contribution in [3.05, 3.63) is 46.5 Å². The van der Waals surface area contributed by atoms with Crippen LogP contribution < -0.4 is 5.32 Å². The molecule has 1 saturated carbocycles. The van der Waals surface area contributed by atoms with E-state index in [0.29, 0.717) is 18.5 Å². The summed E-state index contributed by atoms with van der Waals surface area (Å²) in [5, 5.41) is 19.3. The highest BCUT2D eigenvalue weighted by Crippen LogP contribution is 2.39. The molecule has 0 saturated heterocycles.